The van der Waals surface area contributed by atoms with Gasteiger partial charge in [-0.2, -0.15) is 12.6 Å². The van der Waals surface area contributed by atoms with Crippen molar-refractivity contribution in [1.29, 1.82) is 0 Å². The molecule has 1 unspecified atom stereocenters. The molecule has 1 aliphatic rings. The third kappa shape index (κ3) is 4.78. The van der Waals surface area contributed by atoms with Crippen LogP contribution in [0.4, 0.5) is 0 Å². The minimum absolute atomic E-state index is 0.318. The zero-order valence-electron chi connectivity index (χ0n) is 10.5. The second-order valence-electron chi connectivity index (χ2n) is 5.91. The molecule has 0 aromatic heterocycles. The van der Waals surface area contributed by atoms with Crippen LogP contribution in [-0.4, -0.2) is 19.0 Å². The largest absolute Gasteiger partial charge is 0.381 e. The molecule has 0 amide bonds. The Labute approximate surface area is 100 Å². The highest BCUT2D eigenvalue weighted by Gasteiger charge is 2.23. The second-order valence-corrected chi connectivity index (χ2v) is 6.27. The highest BCUT2D eigenvalue weighted by molar-refractivity contribution is 7.80. The first-order chi connectivity index (χ1) is 7.04. The standard InChI is InChI=1S/C13H26OS/c1-13(2,3)12(10-15)9-14-8-7-11-5-4-6-11/h11-12,15H,4-10H2,1-3H3. The van der Waals surface area contributed by atoms with Crippen molar-refractivity contribution in [3.63, 3.8) is 0 Å². The summed E-state index contributed by atoms with van der Waals surface area (Å²) in [6.45, 7) is 8.63. The maximum atomic E-state index is 5.77. The molecule has 0 radical (unpaired) electrons. The first kappa shape index (κ1) is 13.4. The third-order valence-electron chi connectivity index (χ3n) is 3.66. The minimum atomic E-state index is 0.318. The van der Waals surface area contributed by atoms with Crippen molar-refractivity contribution >= 4 is 12.6 Å². The van der Waals surface area contributed by atoms with E-state index >= 15 is 0 Å². The monoisotopic (exact) mass is 230 g/mol. The lowest BCUT2D eigenvalue weighted by Crippen LogP contribution is -2.27. The van der Waals surface area contributed by atoms with E-state index in [2.05, 4.69) is 33.4 Å². The molecule has 0 spiro atoms. The van der Waals surface area contributed by atoms with Gasteiger partial charge < -0.3 is 4.74 Å². The number of hydrogen-bond donors (Lipinski definition) is 1. The molecule has 1 fully saturated rings. The van der Waals surface area contributed by atoms with Crippen molar-refractivity contribution in [3.05, 3.63) is 0 Å². The van der Waals surface area contributed by atoms with E-state index in [1.165, 1.54) is 25.7 Å². The molecule has 0 bridgehead atoms. The molecule has 0 aliphatic heterocycles. The maximum Gasteiger partial charge on any atom is 0.0507 e. The van der Waals surface area contributed by atoms with Gasteiger partial charge in [-0.05, 0) is 29.4 Å². The molecule has 0 N–H and O–H groups in total. The molecule has 90 valence electrons. The second kappa shape index (κ2) is 6.15. The molecule has 15 heavy (non-hydrogen) atoms. The first-order valence-electron chi connectivity index (χ1n) is 6.22. The van der Waals surface area contributed by atoms with Gasteiger partial charge in [0.15, 0.2) is 0 Å². The summed E-state index contributed by atoms with van der Waals surface area (Å²) in [5.41, 5.74) is 0.318. The van der Waals surface area contributed by atoms with Crippen molar-refractivity contribution in [2.75, 3.05) is 19.0 Å². The first-order valence-corrected chi connectivity index (χ1v) is 6.86. The van der Waals surface area contributed by atoms with Gasteiger partial charge in [0.2, 0.25) is 0 Å². The summed E-state index contributed by atoms with van der Waals surface area (Å²) in [5.74, 6) is 2.46. The molecule has 0 aromatic carbocycles. The fourth-order valence-corrected chi connectivity index (χ4v) is 2.49. The Kier molecular flexibility index (Phi) is 5.48. The van der Waals surface area contributed by atoms with Gasteiger partial charge in [0, 0.05) is 6.61 Å². The molecule has 1 atom stereocenters. The van der Waals surface area contributed by atoms with Crippen LogP contribution in [0, 0.1) is 17.3 Å². The molecule has 0 saturated heterocycles. The van der Waals surface area contributed by atoms with Crippen LogP contribution in [0.2, 0.25) is 0 Å². The number of ether oxygens (including phenoxy) is 1. The molecule has 2 heteroatoms. The summed E-state index contributed by atoms with van der Waals surface area (Å²) in [4.78, 5) is 0. The lowest BCUT2D eigenvalue weighted by Gasteiger charge is -2.30. The molecular weight excluding hydrogens is 204 g/mol. The Morgan fingerprint density at radius 1 is 1.33 bits per heavy atom. The van der Waals surface area contributed by atoms with E-state index in [0.29, 0.717) is 11.3 Å². The SMILES string of the molecule is CC(C)(C)C(CS)COCCC1CCC1. The van der Waals surface area contributed by atoms with Crippen LogP contribution < -0.4 is 0 Å². The average molecular weight is 230 g/mol. The Morgan fingerprint density at radius 2 is 2.00 bits per heavy atom. The van der Waals surface area contributed by atoms with Crippen molar-refractivity contribution in [2.45, 2.75) is 46.5 Å². The quantitative estimate of drug-likeness (QED) is 0.539. The van der Waals surface area contributed by atoms with E-state index in [1.807, 2.05) is 0 Å². The Morgan fingerprint density at radius 3 is 2.40 bits per heavy atom. The fraction of sp³-hybridized carbons (Fsp3) is 1.00. The summed E-state index contributed by atoms with van der Waals surface area (Å²) in [6, 6.07) is 0. The number of hydrogen-bond acceptors (Lipinski definition) is 2. The Bertz CT molecular complexity index is 170. The molecule has 1 nitrogen and oxygen atoms in total. The van der Waals surface area contributed by atoms with E-state index < -0.39 is 0 Å². The Hall–Kier alpha value is 0.310. The summed E-state index contributed by atoms with van der Waals surface area (Å²) in [5, 5.41) is 0. The molecule has 0 heterocycles. The van der Waals surface area contributed by atoms with Crippen LogP contribution in [0.15, 0.2) is 0 Å². The molecule has 1 saturated carbocycles. The number of thiol groups is 1. The van der Waals surface area contributed by atoms with E-state index in [0.717, 1.165) is 24.9 Å². The highest BCUT2D eigenvalue weighted by Crippen LogP contribution is 2.30. The third-order valence-corrected chi connectivity index (χ3v) is 4.10. The predicted molar refractivity (Wildman–Crippen MR) is 69.6 cm³/mol. The van der Waals surface area contributed by atoms with Gasteiger partial charge in [-0.25, -0.2) is 0 Å². The zero-order chi connectivity index (χ0) is 11.3. The van der Waals surface area contributed by atoms with Crippen LogP contribution in [0.3, 0.4) is 0 Å². The smallest absolute Gasteiger partial charge is 0.0507 e. The van der Waals surface area contributed by atoms with Crippen molar-refractivity contribution < 1.29 is 4.74 Å². The molecule has 1 aliphatic carbocycles. The summed E-state index contributed by atoms with van der Waals surface area (Å²) in [6.07, 6.45) is 5.56. The average Bonchev–Trinajstić information content (AvgIpc) is 2.05. The summed E-state index contributed by atoms with van der Waals surface area (Å²) >= 11 is 4.40. The van der Waals surface area contributed by atoms with E-state index in [4.69, 9.17) is 4.74 Å². The maximum absolute atomic E-state index is 5.77. The van der Waals surface area contributed by atoms with E-state index in [-0.39, 0.29) is 0 Å². The zero-order valence-corrected chi connectivity index (χ0v) is 11.4. The van der Waals surface area contributed by atoms with Gasteiger partial charge in [-0.1, -0.05) is 40.0 Å². The van der Waals surface area contributed by atoms with Crippen molar-refractivity contribution in [2.24, 2.45) is 17.3 Å². The van der Waals surface area contributed by atoms with E-state index in [1.54, 1.807) is 0 Å². The van der Waals surface area contributed by atoms with Crippen LogP contribution in [0.1, 0.15) is 46.5 Å². The van der Waals surface area contributed by atoms with Gasteiger partial charge in [-0.15, -0.1) is 0 Å². The van der Waals surface area contributed by atoms with Gasteiger partial charge in [0.1, 0.15) is 0 Å². The summed E-state index contributed by atoms with van der Waals surface area (Å²) < 4.78 is 5.77. The van der Waals surface area contributed by atoms with Crippen LogP contribution >= 0.6 is 12.6 Å². The lowest BCUT2D eigenvalue weighted by molar-refractivity contribution is 0.0526. The molecular formula is C13H26OS. The normalized spacial score (nSPS) is 20.0. The lowest BCUT2D eigenvalue weighted by atomic mass is 9.82. The molecule has 0 aromatic rings. The van der Waals surface area contributed by atoms with Crippen molar-refractivity contribution in [3.8, 4) is 0 Å². The Balaban J connectivity index is 2.06. The fourth-order valence-electron chi connectivity index (χ4n) is 1.83. The van der Waals surface area contributed by atoms with Gasteiger partial charge in [-0.3, -0.25) is 0 Å². The predicted octanol–water partition coefficient (Wildman–Crippen LogP) is 3.79. The van der Waals surface area contributed by atoms with Crippen LogP contribution in [-0.2, 0) is 4.74 Å². The van der Waals surface area contributed by atoms with Gasteiger partial charge >= 0.3 is 0 Å². The summed E-state index contributed by atoms with van der Waals surface area (Å²) in [7, 11) is 0. The van der Waals surface area contributed by atoms with Gasteiger partial charge in [0.05, 0.1) is 6.61 Å². The van der Waals surface area contributed by atoms with E-state index in [9.17, 15) is 0 Å². The van der Waals surface area contributed by atoms with Crippen LogP contribution in [0.25, 0.3) is 0 Å². The number of rotatable bonds is 6. The van der Waals surface area contributed by atoms with Gasteiger partial charge in [0.25, 0.3) is 0 Å². The minimum Gasteiger partial charge on any atom is -0.381 e. The topological polar surface area (TPSA) is 9.23 Å². The van der Waals surface area contributed by atoms with Crippen LogP contribution in [0.5, 0.6) is 0 Å². The highest BCUT2D eigenvalue weighted by atomic mass is 32.1. The van der Waals surface area contributed by atoms with Crippen molar-refractivity contribution in [1.82, 2.24) is 0 Å². The molecule has 1 rings (SSSR count).